The highest BCUT2D eigenvalue weighted by Gasteiger charge is 2.29. The van der Waals surface area contributed by atoms with E-state index in [0.29, 0.717) is 19.4 Å². The Labute approximate surface area is 163 Å². The lowest BCUT2D eigenvalue weighted by Crippen LogP contribution is -2.47. The van der Waals surface area contributed by atoms with Gasteiger partial charge in [-0.25, -0.2) is 0 Å². The predicted molar refractivity (Wildman–Crippen MR) is 104 cm³/mol. The SMILES string of the molecule is Cc1ccc2c(CC(=O)N(C)CC(=O)N3CCCC(C(=O)O)C3)coc2c1C. The molecule has 1 aliphatic rings. The Morgan fingerprint density at radius 1 is 1.29 bits per heavy atom. The van der Waals surface area contributed by atoms with Crippen LogP contribution in [0.2, 0.25) is 0 Å². The predicted octanol–water partition coefficient (Wildman–Crippen LogP) is 2.37. The van der Waals surface area contributed by atoms with Crippen LogP contribution in [0.15, 0.2) is 22.8 Å². The molecule has 150 valence electrons. The summed E-state index contributed by atoms with van der Waals surface area (Å²) in [6.45, 7) is 4.69. The first kappa shape index (κ1) is 19.9. The summed E-state index contributed by atoms with van der Waals surface area (Å²) in [5.41, 5.74) is 3.77. The van der Waals surface area contributed by atoms with Crippen molar-refractivity contribution in [3.63, 3.8) is 0 Å². The molecule has 0 radical (unpaired) electrons. The van der Waals surface area contributed by atoms with Crippen molar-refractivity contribution in [2.45, 2.75) is 33.1 Å². The van der Waals surface area contributed by atoms with Crippen LogP contribution in [-0.2, 0) is 20.8 Å². The number of aryl methyl sites for hydroxylation is 2. The first-order valence-electron chi connectivity index (χ1n) is 9.48. The molecular weight excluding hydrogens is 360 g/mol. The molecule has 2 amide bonds. The summed E-state index contributed by atoms with van der Waals surface area (Å²) in [7, 11) is 1.59. The van der Waals surface area contributed by atoms with E-state index in [2.05, 4.69) is 0 Å². The number of hydrogen-bond acceptors (Lipinski definition) is 4. The zero-order chi connectivity index (χ0) is 20.4. The zero-order valence-electron chi connectivity index (χ0n) is 16.5. The first-order chi connectivity index (χ1) is 13.3. The van der Waals surface area contributed by atoms with Crippen molar-refractivity contribution in [2.24, 2.45) is 5.92 Å². The number of amides is 2. The summed E-state index contributed by atoms with van der Waals surface area (Å²) in [5.74, 6) is -1.80. The summed E-state index contributed by atoms with van der Waals surface area (Å²) in [6.07, 6.45) is 3.00. The summed E-state index contributed by atoms with van der Waals surface area (Å²) in [5, 5.41) is 10.1. The highest BCUT2D eigenvalue weighted by molar-refractivity contribution is 5.91. The topological polar surface area (TPSA) is 91.1 Å². The van der Waals surface area contributed by atoms with Gasteiger partial charge in [-0.05, 0) is 37.8 Å². The van der Waals surface area contributed by atoms with Crippen molar-refractivity contribution in [1.29, 1.82) is 0 Å². The number of likely N-dealkylation sites (N-methyl/N-ethyl adjacent to an activating group) is 1. The molecule has 1 aromatic carbocycles. The smallest absolute Gasteiger partial charge is 0.308 e. The Balaban J connectivity index is 1.63. The minimum absolute atomic E-state index is 0.0565. The lowest BCUT2D eigenvalue weighted by atomic mass is 9.98. The summed E-state index contributed by atoms with van der Waals surface area (Å²) >= 11 is 0. The molecule has 0 aliphatic carbocycles. The fraction of sp³-hybridized carbons (Fsp3) is 0.476. The van der Waals surface area contributed by atoms with Gasteiger partial charge in [-0.3, -0.25) is 14.4 Å². The van der Waals surface area contributed by atoms with Crippen LogP contribution in [-0.4, -0.2) is 59.4 Å². The van der Waals surface area contributed by atoms with Gasteiger partial charge in [0.25, 0.3) is 0 Å². The van der Waals surface area contributed by atoms with Gasteiger partial charge in [0.1, 0.15) is 5.58 Å². The monoisotopic (exact) mass is 386 g/mol. The van der Waals surface area contributed by atoms with Crippen LogP contribution in [0.3, 0.4) is 0 Å². The average Bonchev–Trinajstić information content (AvgIpc) is 3.08. The lowest BCUT2D eigenvalue weighted by molar-refractivity contribution is -0.147. The van der Waals surface area contributed by atoms with E-state index in [-0.39, 0.29) is 31.3 Å². The number of benzene rings is 1. The fourth-order valence-corrected chi connectivity index (χ4v) is 3.62. The van der Waals surface area contributed by atoms with Gasteiger partial charge in [-0.15, -0.1) is 0 Å². The van der Waals surface area contributed by atoms with Gasteiger partial charge < -0.3 is 19.3 Å². The normalized spacial score (nSPS) is 17.0. The molecule has 1 aliphatic heterocycles. The molecule has 0 spiro atoms. The van der Waals surface area contributed by atoms with Gasteiger partial charge in [0.2, 0.25) is 11.8 Å². The van der Waals surface area contributed by atoms with E-state index in [4.69, 9.17) is 9.52 Å². The number of rotatable bonds is 5. The summed E-state index contributed by atoms with van der Waals surface area (Å²) in [6, 6.07) is 3.96. The standard InChI is InChI=1S/C21H26N2O5/c1-13-6-7-17-16(12-28-20(17)14(13)2)9-18(24)22(3)11-19(25)23-8-4-5-15(10-23)21(26)27/h6-7,12,15H,4-5,8-11H2,1-3H3,(H,26,27). The number of likely N-dealkylation sites (tertiary alicyclic amines) is 1. The first-order valence-corrected chi connectivity index (χ1v) is 9.48. The molecule has 1 saturated heterocycles. The number of carboxylic acid groups (broad SMARTS) is 1. The second-order valence-corrected chi connectivity index (χ2v) is 7.59. The molecule has 1 N–H and O–H groups in total. The van der Waals surface area contributed by atoms with Crippen LogP contribution in [0.25, 0.3) is 11.0 Å². The minimum Gasteiger partial charge on any atom is -0.481 e. The van der Waals surface area contributed by atoms with Crippen molar-refractivity contribution in [1.82, 2.24) is 9.80 Å². The van der Waals surface area contributed by atoms with E-state index < -0.39 is 11.9 Å². The van der Waals surface area contributed by atoms with Gasteiger partial charge in [-0.1, -0.05) is 12.1 Å². The van der Waals surface area contributed by atoms with E-state index in [0.717, 1.165) is 27.7 Å². The number of piperidine rings is 1. The third-order valence-electron chi connectivity index (χ3n) is 5.60. The average molecular weight is 386 g/mol. The van der Waals surface area contributed by atoms with Crippen LogP contribution < -0.4 is 0 Å². The number of furan rings is 1. The third-order valence-corrected chi connectivity index (χ3v) is 5.60. The Morgan fingerprint density at radius 2 is 2.04 bits per heavy atom. The van der Waals surface area contributed by atoms with Crippen molar-refractivity contribution in [3.05, 3.63) is 35.1 Å². The number of carbonyl (C=O) groups is 3. The molecule has 1 atom stereocenters. The Kier molecular flexibility index (Phi) is 5.72. The maximum absolute atomic E-state index is 12.6. The molecule has 28 heavy (non-hydrogen) atoms. The van der Waals surface area contributed by atoms with Crippen molar-refractivity contribution in [2.75, 3.05) is 26.7 Å². The van der Waals surface area contributed by atoms with Gasteiger partial charge in [0.15, 0.2) is 0 Å². The Bertz CT molecular complexity index is 917. The van der Waals surface area contributed by atoms with Gasteiger partial charge in [0.05, 0.1) is 25.1 Å². The fourth-order valence-electron chi connectivity index (χ4n) is 3.62. The molecule has 2 aromatic rings. The molecule has 7 heteroatoms. The van der Waals surface area contributed by atoms with Gasteiger partial charge >= 0.3 is 5.97 Å². The van der Waals surface area contributed by atoms with Crippen LogP contribution in [0.4, 0.5) is 0 Å². The molecule has 7 nitrogen and oxygen atoms in total. The molecule has 2 heterocycles. The quantitative estimate of drug-likeness (QED) is 0.852. The van der Waals surface area contributed by atoms with E-state index in [1.807, 2.05) is 26.0 Å². The maximum Gasteiger partial charge on any atom is 0.308 e. The summed E-state index contributed by atoms with van der Waals surface area (Å²) < 4.78 is 5.65. The highest BCUT2D eigenvalue weighted by Crippen LogP contribution is 2.27. The molecule has 1 unspecified atom stereocenters. The second-order valence-electron chi connectivity index (χ2n) is 7.59. The third kappa shape index (κ3) is 4.03. The molecule has 1 fully saturated rings. The number of hydrogen-bond donors (Lipinski definition) is 1. The summed E-state index contributed by atoms with van der Waals surface area (Å²) in [4.78, 5) is 39.2. The Hall–Kier alpha value is -2.83. The van der Waals surface area contributed by atoms with Crippen LogP contribution in [0.5, 0.6) is 0 Å². The molecule has 0 bridgehead atoms. The molecule has 0 saturated carbocycles. The number of carboxylic acids is 1. The van der Waals surface area contributed by atoms with Gasteiger partial charge in [0, 0.05) is 31.1 Å². The molecule has 3 rings (SSSR count). The second kappa shape index (κ2) is 8.04. The molecule has 1 aromatic heterocycles. The number of nitrogens with zero attached hydrogens (tertiary/aromatic N) is 2. The highest BCUT2D eigenvalue weighted by atomic mass is 16.4. The minimum atomic E-state index is -0.876. The van der Waals surface area contributed by atoms with E-state index in [9.17, 15) is 14.4 Å². The maximum atomic E-state index is 12.6. The zero-order valence-corrected chi connectivity index (χ0v) is 16.5. The molecular formula is C21H26N2O5. The van der Waals surface area contributed by atoms with Crippen LogP contribution in [0, 0.1) is 19.8 Å². The number of carbonyl (C=O) groups excluding carboxylic acids is 2. The number of fused-ring (bicyclic) bond motifs is 1. The van der Waals surface area contributed by atoms with Crippen LogP contribution >= 0.6 is 0 Å². The van der Waals surface area contributed by atoms with E-state index in [1.54, 1.807) is 18.2 Å². The van der Waals surface area contributed by atoms with Gasteiger partial charge in [-0.2, -0.15) is 0 Å². The lowest BCUT2D eigenvalue weighted by Gasteiger charge is -2.32. The number of aliphatic carboxylic acids is 1. The van der Waals surface area contributed by atoms with E-state index >= 15 is 0 Å². The van der Waals surface area contributed by atoms with E-state index in [1.165, 1.54) is 4.90 Å². The largest absolute Gasteiger partial charge is 0.481 e. The van der Waals surface area contributed by atoms with Crippen molar-refractivity contribution >= 4 is 28.8 Å². The van der Waals surface area contributed by atoms with Crippen molar-refractivity contribution in [3.8, 4) is 0 Å². The van der Waals surface area contributed by atoms with Crippen LogP contribution in [0.1, 0.15) is 29.5 Å². The van der Waals surface area contributed by atoms with Crippen molar-refractivity contribution < 1.29 is 23.9 Å². The Morgan fingerprint density at radius 3 is 2.75 bits per heavy atom.